The summed E-state index contributed by atoms with van der Waals surface area (Å²) in [4.78, 5) is 0. The Morgan fingerprint density at radius 3 is 1.50 bits per heavy atom. The van der Waals surface area contributed by atoms with Crippen LogP contribution in [0.1, 0.15) is 0 Å². The maximum absolute atomic E-state index is 10.7. The number of alkyl halides is 3. The van der Waals surface area contributed by atoms with E-state index >= 15 is 0 Å². The average molecular weight is 298 g/mol. The Kier molecular flexibility index (Phi) is 9.67. The Labute approximate surface area is 82.1 Å². The van der Waals surface area contributed by atoms with Gasteiger partial charge in [-0.1, -0.05) is 0 Å². The van der Waals surface area contributed by atoms with Gasteiger partial charge in [0.25, 0.3) is 0 Å². The summed E-state index contributed by atoms with van der Waals surface area (Å²) in [6.45, 7) is 6.50. The van der Waals surface area contributed by atoms with Gasteiger partial charge in [0.15, 0.2) is 0 Å². The molecule has 0 saturated heterocycles. The molecule has 78 valence electrons. The summed E-state index contributed by atoms with van der Waals surface area (Å²) in [5, 5.41) is 0. The zero-order valence-corrected chi connectivity index (χ0v) is 7.98. The number of hydrogen-bond acceptors (Lipinski definition) is 2. The van der Waals surface area contributed by atoms with Crippen molar-refractivity contribution in [3.63, 3.8) is 0 Å². The van der Waals surface area contributed by atoms with E-state index in [0.29, 0.717) is 0 Å². The largest absolute Gasteiger partial charge is 0.522 e. The van der Waals surface area contributed by atoms with Crippen LogP contribution in [0.5, 0.6) is 0 Å². The fourth-order valence-electron chi connectivity index (χ4n) is 0. The first-order valence-electron chi connectivity index (χ1n) is 2.10. The third-order valence-electron chi connectivity index (χ3n) is 0.292. The van der Waals surface area contributed by atoms with Crippen LogP contribution in [-0.2, 0) is 30.5 Å². The van der Waals surface area contributed by atoms with Gasteiger partial charge in [-0.3, -0.25) is 4.55 Å². The smallest absolute Gasteiger partial charge is 0.279 e. The normalized spacial score (nSPS) is 10.3. The van der Waals surface area contributed by atoms with Gasteiger partial charge in [0.05, 0.1) is 0 Å². The van der Waals surface area contributed by atoms with E-state index in [1.54, 1.807) is 0 Å². The molecule has 0 atom stereocenters. The molecule has 0 heterocycles. The van der Waals surface area contributed by atoms with Crippen molar-refractivity contribution in [2.45, 2.75) is 5.51 Å². The fraction of sp³-hybridized carbons (Fsp3) is 0.250. The SMILES string of the molecule is C=C[CH2-].O=S(=O)(O)C(F)(F)F.[Pd]. The molecule has 12 heavy (non-hydrogen) atoms. The van der Waals surface area contributed by atoms with E-state index in [2.05, 4.69) is 13.5 Å². The van der Waals surface area contributed by atoms with Gasteiger partial charge in [-0.2, -0.15) is 21.6 Å². The van der Waals surface area contributed by atoms with E-state index in [0.717, 1.165) is 0 Å². The van der Waals surface area contributed by atoms with Crippen molar-refractivity contribution in [2.24, 2.45) is 0 Å². The first-order valence-corrected chi connectivity index (χ1v) is 3.54. The topological polar surface area (TPSA) is 54.4 Å². The van der Waals surface area contributed by atoms with Crippen LogP contribution in [0, 0.1) is 6.92 Å². The maximum Gasteiger partial charge on any atom is 0.522 e. The summed E-state index contributed by atoms with van der Waals surface area (Å²) < 4.78 is 57.5. The minimum absolute atomic E-state index is 0. The van der Waals surface area contributed by atoms with Crippen LogP contribution in [0.4, 0.5) is 13.2 Å². The average Bonchev–Trinajstić information content (AvgIpc) is 1.60. The molecule has 0 saturated carbocycles. The van der Waals surface area contributed by atoms with Gasteiger partial charge < -0.3 is 0 Å². The Bertz CT molecular complexity index is 208. The van der Waals surface area contributed by atoms with Gasteiger partial charge in [0.1, 0.15) is 0 Å². The molecule has 0 aliphatic rings. The second kappa shape index (κ2) is 6.48. The van der Waals surface area contributed by atoms with Crippen molar-refractivity contribution in [1.82, 2.24) is 0 Å². The van der Waals surface area contributed by atoms with Crippen molar-refractivity contribution < 1.29 is 46.6 Å². The molecule has 0 aromatic carbocycles. The molecule has 0 bridgehead atoms. The minimum atomic E-state index is -5.84. The molecule has 0 amide bonds. The molecular formula is C4H6F3O3PdS-. The van der Waals surface area contributed by atoms with Gasteiger partial charge in [-0.15, -0.1) is 0 Å². The van der Waals surface area contributed by atoms with Gasteiger partial charge in [0, 0.05) is 20.4 Å². The van der Waals surface area contributed by atoms with E-state index in [4.69, 9.17) is 13.0 Å². The zero-order valence-electron chi connectivity index (χ0n) is 5.61. The van der Waals surface area contributed by atoms with Crippen LogP contribution in [0.2, 0.25) is 0 Å². The molecule has 1 N–H and O–H groups in total. The molecule has 0 aliphatic carbocycles. The summed E-state index contributed by atoms with van der Waals surface area (Å²) in [5.74, 6) is 0. The van der Waals surface area contributed by atoms with Crippen LogP contribution >= 0.6 is 0 Å². The van der Waals surface area contributed by atoms with Crippen molar-refractivity contribution in [1.29, 1.82) is 0 Å². The first kappa shape index (κ1) is 17.9. The quantitative estimate of drug-likeness (QED) is 0.318. The monoisotopic (exact) mass is 297 g/mol. The predicted molar refractivity (Wildman–Crippen MR) is 33.2 cm³/mol. The van der Waals surface area contributed by atoms with E-state index in [1.807, 2.05) is 0 Å². The summed E-state index contributed by atoms with van der Waals surface area (Å²) in [6, 6.07) is 0. The summed E-state index contributed by atoms with van der Waals surface area (Å²) in [7, 11) is -5.84. The van der Waals surface area contributed by atoms with E-state index in [-0.39, 0.29) is 20.4 Å². The third kappa shape index (κ3) is 9.97. The van der Waals surface area contributed by atoms with Gasteiger partial charge in [0.2, 0.25) is 0 Å². The van der Waals surface area contributed by atoms with Crippen LogP contribution in [0.25, 0.3) is 0 Å². The molecular weight excluding hydrogens is 292 g/mol. The molecule has 0 aromatic heterocycles. The number of allylic oxidation sites excluding steroid dienone is 1. The minimum Gasteiger partial charge on any atom is -0.279 e. The van der Waals surface area contributed by atoms with Crippen LogP contribution in [0.3, 0.4) is 0 Å². The Morgan fingerprint density at radius 2 is 1.50 bits per heavy atom. The molecule has 0 fully saturated rings. The Morgan fingerprint density at radius 1 is 1.42 bits per heavy atom. The number of halogens is 3. The Hall–Kier alpha value is -0.0277. The van der Waals surface area contributed by atoms with Gasteiger partial charge in [-0.25, -0.2) is 19.6 Å². The second-order valence-corrected chi connectivity index (χ2v) is 2.62. The summed E-state index contributed by atoms with van der Waals surface area (Å²) in [5.41, 5.74) is -5.53. The summed E-state index contributed by atoms with van der Waals surface area (Å²) in [6.07, 6.45) is 1.50. The number of hydrogen-bond donors (Lipinski definition) is 1. The van der Waals surface area contributed by atoms with Crippen molar-refractivity contribution in [3.05, 3.63) is 19.6 Å². The molecule has 0 unspecified atom stereocenters. The zero-order chi connectivity index (χ0) is 9.71. The molecule has 0 aromatic rings. The standard InChI is InChI=1S/C3H5.CHF3O3S.Pd/c1-3-2;2-1(3,4)8(5,6)7;/h3H,1-2H2;(H,5,6,7);/q-1;;. The predicted octanol–water partition coefficient (Wildman–Crippen LogP) is 1.40. The third-order valence-corrected chi connectivity index (χ3v) is 0.877. The molecule has 0 aliphatic heterocycles. The van der Waals surface area contributed by atoms with E-state index in [1.165, 1.54) is 6.08 Å². The van der Waals surface area contributed by atoms with Crippen molar-refractivity contribution in [3.8, 4) is 0 Å². The molecule has 0 rings (SSSR count). The van der Waals surface area contributed by atoms with Crippen LogP contribution in [-0.4, -0.2) is 18.5 Å². The molecule has 3 nitrogen and oxygen atoms in total. The van der Waals surface area contributed by atoms with Gasteiger partial charge >= 0.3 is 15.6 Å². The molecule has 8 heteroatoms. The Balaban J connectivity index is -0.000000177. The van der Waals surface area contributed by atoms with E-state index < -0.39 is 15.6 Å². The first-order chi connectivity index (χ1) is 4.66. The molecule has 0 radical (unpaired) electrons. The maximum atomic E-state index is 10.7. The van der Waals surface area contributed by atoms with Crippen LogP contribution < -0.4 is 0 Å². The fourth-order valence-corrected chi connectivity index (χ4v) is 0. The van der Waals surface area contributed by atoms with E-state index in [9.17, 15) is 13.2 Å². The van der Waals surface area contributed by atoms with Crippen molar-refractivity contribution in [2.75, 3.05) is 0 Å². The molecule has 0 spiro atoms. The summed E-state index contributed by atoms with van der Waals surface area (Å²) >= 11 is 0. The number of rotatable bonds is 0. The van der Waals surface area contributed by atoms with Crippen LogP contribution in [0.15, 0.2) is 12.7 Å². The van der Waals surface area contributed by atoms with Gasteiger partial charge in [-0.05, 0) is 0 Å². The van der Waals surface area contributed by atoms with Crippen molar-refractivity contribution >= 4 is 10.1 Å². The second-order valence-electron chi connectivity index (χ2n) is 1.21.